The Labute approximate surface area is 200 Å². The highest BCUT2D eigenvalue weighted by atomic mass is 35.5. The first-order valence-corrected chi connectivity index (χ1v) is 11.3. The number of carbonyl (C=O) groups is 4. The first kappa shape index (κ1) is 26.9. The van der Waals surface area contributed by atoms with E-state index in [2.05, 4.69) is 10.4 Å². The number of phenolic OH excluding ortho intramolecular Hbond substituents is 2. The van der Waals surface area contributed by atoms with Gasteiger partial charge in [0, 0.05) is 18.7 Å². The predicted molar refractivity (Wildman–Crippen MR) is 119 cm³/mol. The number of phenols is 2. The van der Waals surface area contributed by atoms with Gasteiger partial charge >= 0.3 is 5.97 Å². The zero-order valence-corrected chi connectivity index (χ0v) is 19.8. The van der Waals surface area contributed by atoms with Crippen LogP contribution >= 0.6 is 11.6 Å². The molecule has 0 aromatic heterocycles. The Bertz CT molecular complexity index is 1130. The Hall–Kier alpha value is -3.39. The van der Waals surface area contributed by atoms with Crippen molar-refractivity contribution in [3.05, 3.63) is 22.7 Å². The number of thiol groups is 1. The summed E-state index contributed by atoms with van der Waals surface area (Å²) in [6.07, 6.45) is 0.778. The van der Waals surface area contributed by atoms with E-state index in [1.165, 1.54) is 6.92 Å². The van der Waals surface area contributed by atoms with E-state index in [1.54, 1.807) is 6.92 Å². The number of likely N-dealkylation sites (tertiary alicyclic amines) is 1. The van der Waals surface area contributed by atoms with Crippen LogP contribution in [0.4, 0.5) is 0 Å². The molecule has 1 aliphatic rings. The number of carboxylic acid groups (broad SMARTS) is 1. The number of carbonyl (C=O) groups excluding carboxylic acids is 3. The van der Waals surface area contributed by atoms with Crippen LogP contribution in [0.3, 0.4) is 0 Å². The molecule has 1 aromatic carbocycles. The number of aliphatic carboxylic acids is 1. The molecule has 0 saturated carbocycles. The highest BCUT2D eigenvalue weighted by Gasteiger charge is 2.52. The fourth-order valence-electron chi connectivity index (χ4n) is 3.25. The fraction of sp³-hybridized carbons (Fsp3) is 0.421. The van der Waals surface area contributed by atoms with E-state index < -0.39 is 73.8 Å². The maximum absolute atomic E-state index is 12.3. The molecule has 13 nitrogen and oxygen atoms in total. The van der Waals surface area contributed by atoms with E-state index in [-0.39, 0.29) is 12.0 Å². The largest absolute Gasteiger partial charge is 0.504 e. The highest BCUT2D eigenvalue weighted by molar-refractivity contribution is 7.75. The number of β-lactam (4-membered cyclic amide) rings is 1. The maximum Gasteiger partial charge on any atom is 0.328 e. The number of nitrogens with zero attached hydrogens (tertiary/aromatic N) is 2. The van der Waals surface area contributed by atoms with Crippen LogP contribution < -0.4 is 10.7 Å². The molecular weight excluding hydrogens is 496 g/mol. The Kier molecular flexibility index (Phi) is 8.10. The van der Waals surface area contributed by atoms with Gasteiger partial charge in [-0.25, -0.2) is 18.6 Å². The number of rotatable bonds is 9. The third-order valence-electron chi connectivity index (χ3n) is 5.27. The molecule has 0 aliphatic carbocycles. The lowest BCUT2D eigenvalue weighted by Crippen LogP contribution is -2.66. The lowest BCUT2D eigenvalue weighted by atomic mass is 9.92. The van der Waals surface area contributed by atoms with Crippen molar-refractivity contribution in [3.63, 3.8) is 0 Å². The molecule has 186 valence electrons. The number of benzene rings is 1. The summed E-state index contributed by atoms with van der Waals surface area (Å²) in [6, 6.07) is -1.34. The zero-order valence-electron chi connectivity index (χ0n) is 18.2. The number of hydrogen-bond acceptors (Lipinski definition) is 9. The lowest BCUT2D eigenvalue weighted by Gasteiger charge is -2.45. The fourth-order valence-corrected chi connectivity index (χ4v) is 4.08. The first-order valence-electron chi connectivity index (χ1n) is 9.76. The van der Waals surface area contributed by atoms with Crippen LogP contribution in [0.5, 0.6) is 11.5 Å². The standard InChI is InChI=1S/C19H23ClN4O9S/c1-8-6-12(26)24(8)15(18(30)31)19(3,34(32)33)7-21-23-16(28)9(2)22-17(29)10-4-5-11(25)14(27)13(10)20/h4-5,7-9,15,25,27,34H,6H2,1-3H3,(H,22,29)(H,23,28)(H,30,31)/b21-7+/t8-,9+,15+,19+/m1/s1. The smallest absolute Gasteiger partial charge is 0.328 e. The zero-order chi connectivity index (χ0) is 26.0. The molecular formula is C19H23ClN4O9S. The number of aromatic hydroxyl groups is 2. The molecule has 2 rings (SSSR count). The van der Waals surface area contributed by atoms with Gasteiger partial charge in [0.05, 0.1) is 10.6 Å². The van der Waals surface area contributed by atoms with Gasteiger partial charge in [-0.15, -0.1) is 0 Å². The maximum atomic E-state index is 12.3. The Balaban J connectivity index is 2.14. The van der Waals surface area contributed by atoms with Crippen LogP contribution in [0, 0.1) is 0 Å². The van der Waals surface area contributed by atoms with Crippen LogP contribution in [0.25, 0.3) is 0 Å². The normalized spacial score (nSPS) is 19.3. The number of carboxylic acids is 1. The molecule has 1 heterocycles. The van der Waals surface area contributed by atoms with E-state index in [1.807, 2.05) is 5.43 Å². The van der Waals surface area contributed by atoms with E-state index in [4.69, 9.17) is 11.6 Å². The predicted octanol–water partition coefficient (Wildman–Crippen LogP) is -0.584. The highest BCUT2D eigenvalue weighted by Crippen LogP contribution is 2.35. The molecule has 0 unspecified atom stereocenters. The van der Waals surface area contributed by atoms with Crippen molar-refractivity contribution >= 4 is 52.2 Å². The molecule has 1 fully saturated rings. The lowest BCUT2D eigenvalue weighted by molar-refractivity contribution is -0.161. The number of hydrazone groups is 1. The average Bonchev–Trinajstić information content (AvgIpc) is 2.74. The summed E-state index contributed by atoms with van der Waals surface area (Å²) in [5, 5.41) is 34.0. The van der Waals surface area contributed by atoms with Crippen LogP contribution in [0.2, 0.25) is 5.02 Å². The van der Waals surface area contributed by atoms with Crippen LogP contribution in [0.1, 0.15) is 37.6 Å². The van der Waals surface area contributed by atoms with Crippen molar-refractivity contribution in [2.24, 2.45) is 5.10 Å². The minimum absolute atomic E-state index is 0.0728. The second kappa shape index (κ2) is 10.3. The van der Waals surface area contributed by atoms with Gasteiger partial charge in [-0.3, -0.25) is 14.4 Å². The van der Waals surface area contributed by atoms with Gasteiger partial charge < -0.3 is 25.5 Å². The summed E-state index contributed by atoms with van der Waals surface area (Å²) in [4.78, 5) is 49.2. The topological polar surface area (TPSA) is 203 Å². The molecule has 1 aliphatic heterocycles. The van der Waals surface area contributed by atoms with Crippen molar-refractivity contribution in [1.29, 1.82) is 0 Å². The molecule has 1 aromatic rings. The molecule has 1 saturated heterocycles. The second-order valence-corrected chi connectivity index (χ2v) is 9.66. The minimum Gasteiger partial charge on any atom is -0.504 e. The second-order valence-electron chi connectivity index (χ2n) is 7.80. The van der Waals surface area contributed by atoms with Crippen molar-refractivity contribution in [2.45, 2.75) is 50.1 Å². The Morgan fingerprint density at radius 2 is 1.94 bits per heavy atom. The van der Waals surface area contributed by atoms with Gasteiger partial charge in [0.25, 0.3) is 11.8 Å². The SMILES string of the molecule is C[C@H](NC(=O)c1ccc(O)c(O)c1Cl)C(=O)N/N=C/[C@@](C)([C@H](C(=O)O)N1C(=O)C[C@H]1C)[SH](=O)=O. The van der Waals surface area contributed by atoms with E-state index in [0.717, 1.165) is 24.0 Å². The summed E-state index contributed by atoms with van der Waals surface area (Å²) >= 11 is 5.81. The molecule has 0 bridgehead atoms. The van der Waals surface area contributed by atoms with Gasteiger partial charge in [0.15, 0.2) is 28.2 Å². The molecule has 0 radical (unpaired) electrons. The van der Waals surface area contributed by atoms with Crippen LogP contribution in [-0.4, -0.2) is 81.4 Å². The molecule has 3 amide bonds. The summed E-state index contributed by atoms with van der Waals surface area (Å²) in [6.45, 7) is 3.89. The monoisotopic (exact) mass is 518 g/mol. The summed E-state index contributed by atoms with van der Waals surface area (Å²) in [5.41, 5.74) is 1.78. The number of nitrogens with one attached hydrogen (secondary N) is 2. The van der Waals surface area contributed by atoms with E-state index in [0.29, 0.717) is 6.21 Å². The third kappa shape index (κ3) is 5.22. The quantitative estimate of drug-likeness (QED) is 0.0811. The van der Waals surface area contributed by atoms with Crippen LogP contribution in [-0.2, 0) is 25.1 Å². The molecule has 4 atom stereocenters. The van der Waals surface area contributed by atoms with Crippen LogP contribution in [0.15, 0.2) is 17.2 Å². The third-order valence-corrected chi connectivity index (χ3v) is 6.80. The molecule has 5 N–H and O–H groups in total. The molecule has 0 spiro atoms. The average molecular weight is 519 g/mol. The van der Waals surface area contributed by atoms with Gasteiger partial charge in [-0.1, -0.05) is 11.6 Å². The number of amides is 3. The summed E-state index contributed by atoms with van der Waals surface area (Å²) in [5.74, 6) is -5.12. The van der Waals surface area contributed by atoms with Crippen molar-refractivity contribution < 1.29 is 42.9 Å². The van der Waals surface area contributed by atoms with Gasteiger partial charge in [-0.2, -0.15) is 5.10 Å². The van der Waals surface area contributed by atoms with Gasteiger partial charge in [0.2, 0.25) is 5.91 Å². The van der Waals surface area contributed by atoms with Crippen molar-refractivity contribution in [3.8, 4) is 11.5 Å². The van der Waals surface area contributed by atoms with Crippen molar-refractivity contribution in [1.82, 2.24) is 15.6 Å². The van der Waals surface area contributed by atoms with Gasteiger partial charge in [-0.05, 0) is 32.9 Å². The van der Waals surface area contributed by atoms with E-state index in [9.17, 15) is 42.9 Å². The number of halogens is 1. The first-order chi connectivity index (χ1) is 15.7. The Morgan fingerprint density at radius 1 is 1.32 bits per heavy atom. The summed E-state index contributed by atoms with van der Waals surface area (Å²) in [7, 11) is -3.46. The Morgan fingerprint density at radius 3 is 2.44 bits per heavy atom. The summed E-state index contributed by atoms with van der Waals surface area (Å²) < 4.78 is 21.7. The van der Waals surface area contributed by atoms with Crippen molar-refractivity contribution in [2.75, 3.05) is 0 Å². The number of hydrogen-bond donors (Lipinski definition) is 6. The minimum atomic E-state index is -3.46. The van der Waals surface area contributed by atoms with E-state index >= 15 is 0 Å². The molecule has 15 heteroatoms. The van der Waals surface area contributed by atoms with Gasteiger partial charge in [0.1, 0.15) is 10.8 Å². The molecule has 34 heavy (non-hydrogen) atoms.